The van der Waals surface area contributed by atoms with Gasteiger partial charge in [-0.1, -0.05) is 0 Å². The molecule has 1 heterocycles. The molecule has 0 amide bonds. The molecule has 0 saturated carbocycles. The molecule has 0 aromatic heterocycles. The van der Waals surface area contributed by atoms with Crippen LogP contribution in [0.1, 0.15) is 20.8 Å². The van der Waals surface area contributed by atoms with E-state index in [0.717, 1.165) is 6.04 Å². The Morgan fingerprint density at radius 3 is 2.22 bits per heavy atom. The topological polar surface area (TPSA) is 3.24 Å². The second-order valence-corrected chi connectivity index (χ2v) is 4.84. The Morgan fingerprint density at radius 1 is 1.56 bits per heavy atom. The van der Waals surface area contributed by atoms with E-state index in [4.69, 9.17) is 0 Å². The van der Waals surface area contributed by atoms with Crippen molar-refractivity contribution in [3.05, 3.63) is 0 Å². The Balaban J connectivity index is 2.62. The monoisotopic (exact) mass is 145 g/mol. The maximum atomic E-state index is 2.43. The molecule has 0 aromatic rings. The standard InChI is InChI=1S/C7H15NS/c1-6-5-9-7(2,3)8(6)4/h6H,5H2,1-4H3. The highest BCUT2D eigenvalue weighted by Gasteiger charge is 2.34. The maximum absolute atomic E-state index is 2.43. The molecule has 1 rings (SSSR count). The highest BCUT2D eigenvalue weighted by molar-refractivity contribution is 8.00. The Hall–Kier alpha value is 0.310. The van der Waals surface area contributed by atoms with Crippen molar-refractivity contribution in [3.63, 3.8) is 0 Å². The number of hydrogen-bond donors (Lipinski definition) is 0. The van der Waals surface area contributed by atoms with Crippen LogP contribution in [-0.4, -0.2) is 28.6 Å². The van der Waals surface area contributed by atoms with Crippen LogP contribution in [0.4, 0.5) is 0 Å². The number of thioether (sulfide) groups is 1. The summed E-state index contributed by atoms with van der Waals surface area (Å²) in [4.78, 5) is 2.80. The van der Waals surface area contributed by atoms with Crippen molar-refractivity contribution in [1.29, 1.82) is 0 Å². The fourth-order valence-corrected chi connectivity index (χ4v) is 2.33. The summed E-state index contributed by atoms with van der Waals surface area (Å²) in [6.07, 6.45) is 0. The Morgan fingerprint density at radius 2 is 2.11 bits per heavy atom. The van der Waals surface area contributed by atoms with Gasteiger partial charge in [0.25, 0.3) is 0 Å². The van der Waals surface area contributed by atoms with Gasteiger partial charge in [-0.05, 0) is 27.8 Å². The lowest BCUT2D eigenvalue weighted by Crippen LogP contribution is -2.37. The minimum absolute atomic E-state index is 0.374. The van der Waals surface area contributed by atoms with E-state index in [2.05, 4.69) is 32.7 Å². The fraction of sp³-hybridized carbons (Fsp3) is 1.00. The van der Waals surface area contributed by atoms with E-state index < -0.39 is 0 Å². The first-order valence-electron chi connectivity index (χ1n) is 3.41. The first-order chi connectivity index (χ1) is 4.04. The number of rotatable bonds is 0. The van der Waals surface area contributed by atoms with E-state index in [-0.39, 0.29) is 0 Å². The first kappa shape index (κ1) is 7.42. The van der Waals surface area contributed by atoms with Crippen molar-refractivity contribution in [2.45, 2.75) is 31.7 Å². The van der Waals surface area contributed by atoms with Crippen molar-refractivity contribution in [3.8, 4) is 0 Å². The molecule has 1 nitrogen and oxygen atoms in total. The van der Waals surface area contributed by atoms with Crippen LogP contribution >= 0.6 is 11.8 Å². The van der Waals surface area contributed by atoms with Gasteiger partial charge in [0, 0.05) is 11.8 Å². The lowest BCUT2D eigenvalue weighted by atomic mass is 10.2. The summed E-state index contributed by atoms with van der Waals surface area (Å²) < 4.78 is 0. The van der Waals surface area contributed by atoms with Crippen LogP contribution in [0, 0.1) is 0 Å². The molecule has 1 atom stereocenters. The van der Waals surface area contributed by atoms with Crippen molar-refractivity contribution in [2.75, 3.05) is 12.8 Å². The van der Waals surface area contributed by atoms with Crippen molar-refractivity contribution < 1.29 is 0 Å². The average molecular weight is 145 g/mol. The van der Waals surface area contributed by atoms with Gasteiger partial charge in [-0.25, -0.2) is 0 Å². The molecule has 0 bridgehead atoms. The van der Waals surface area contributed by atoms with Crippen LogP contribution in [-0.2, 0) is 0 Å². The Bertz CT molecular complexity index is 111. The zero-order valence-electron chi connectivity index (χ0n) is 6.64. The van der Waals surface area contributed by atoms with Gasteiger partial charge in [0.05, 0.1) is 4.87 Å². The summed E-state index contributed by atoms with van der Waals surface area (Å²) in [5.74, 6) is 1.28. The van der Waals surface area contributed by atoms with E-state index in [1.807, 2.05) is 11.8 Å². The summed E-state index contributed by atoms with van der Waals surface area (Å²) in [6, 6.07) is 0.755. The molecule has 54 valence electrons. The summed E-state index contributed by atoms with van der Waals surface area (Å²) in [5, 5.41) is 0. The third-order valence-corrected chi connectivity index (χ3v) is 3.83. The lowest BCUT2D eigenvalue weighted by molar-refractivity contribution is 0.218. The molecule has 1 unspecified atom stereocenters. The molecule has 0 aromatic carbocycles. The van der Waals surface area contributed by atoms with E-state index in [1.165, 1.54) is 5.75 Å². The molecule has 2 heteroatoms. The molecule has 1 aliphatic heterocycles. The molecule has 0 radical (unpaired) electrons. The van der Waals surface area contributed by atoms with Gasteiger partial charge in [0.1, 0.15) is 0 Å². The minimum Gasteiger partial charge on any atom is -0.289 e. The quantitative estimate of drug-likeness (QED) is 0.511. The normalized spacial score (nSPS) is 35.3. The van der Waals surface area contributed by atoms with Gasteiger partial charge >= 0.3 is 0 Å². The predicted molar refractivity (Wildman–Crippen MR) is 43.8 cm³/mol. The predicted octanol–water partition coefficient (Wildman–Crippen LogP) is 1.79. The zero-order chi connectivity index (χ0) is 7.07. The van der Waals surface area contributed by atoms with Crippen molar-refractivity contribution in [2.24, 2.45) is 0 Å². The largest absolute Gasteiger partial charge is 0.289 e. The van der Waals surface area contributed by atoms with E-state index >= 15 is 0 Å². The minimum atomic E-state index is 0.374. The van der Waals surface area contributed by atoms with Gasteiger partial charge in [0.2, 0.25) is 0 Å². The van der Waals surface area contributed by atoms with E-state index in [1.54, 1.807) is 0 Å². The molecule has 0 spiro atoms. The van der Waals surface area contributed by atoms with Gasteiger partial charge in [-0.2, -0.15) is 0 Å². The number of nitrogens with zero attached hydrogens (tertiary/aromatic N) is 1. The smallest absolute Gasteiger partial charge is 0.0613 e. The maximum Gasteiger partial charge on any atom is 0.0613 e. The fourth-order valence-electron chi connectivity index (χ4n) is 1.07. The molecule has 9 heavy (non-hydrogen) atoms. The molecule has 0 aliphatic carbocycles. The molecule has 1 aliphatic rings. The second kappa shape index (κ2) is 2.17. The van der Waals surface area contributed by atoms with Crippen LogP contribution in [0.3, 0.4) is 0 Å². The first-order valence-corrected chi connectivity index (χ1v) is 4.39. The van der Waals surface area contributed by atoms with Gasteiger partial charge in [-0.15, -0.1) is 11.8 Å². The second-order valence-electron chi connectivity index (χ2n) is 3.22. The molecular formula is C7H15NS. The summed E-state index contributed by atoms with van der Waals surface area (Å²) >= 11 is 2.04. The van der Waals surface area contributed by atoms with Crippen LogP contribution in [0.15, 0.2) is 0 Å². The van der Waals surface area contributed by atoms with E-state index in [9.17, 15) is 0 Å². The molecular weight excluding hydrogens is 130 g/mol. The highest BCUT2D eigenvalue weighted by atomic mass is 32.2. The van der Waals surface area contributed by atoms with Crippen molar-refractivity contribution >= 4 is 11.8 Å². The van der Waals surface area contributed by atoms with Gasteiger partial charge in [-0.3, -0.25) is 4.90 Å². The summed E-state index contributed by atoms with van der Waals surface area (Å²) in [6.45, 7) is 6.84. The Kier molecular flexibility index (Phi) is 1.79. The van der Waals surface area contributed by atoms with Crippen LogP contribution in [0.2, 0.25) is 0 Å². The lowest BCUT2D eigenvalue weighted by Gasteiger charge is -2.28. The molecule has 1 fully saturated rings. The van der Waals surface area contributed by atoms with Crippen LogP contribution in [0.25, 0.3) is 0 Å². The SMILES string of the molecule is CC1CSC(C)(C)N1C. The van der Waals surface area contributed by atoms with E-state index in [0.29, 0.717) is 4.87 Å². The zero-order valence-corrected chi connectivity index (χ0v) is 7.46. The third kappa shape index (κ3) is 1.24. The summed E-state index contributed by atoms with van der Waals surface area (Å²) in [7, 11) is 2.20. The molecule has 1 saturated heterocycles. The summed E-state index contributed by atoms with van der Waals surface area (Å²) in [5.41, 5.74) is 0. The third-order valence-electron chi connectivity index (χ3n) is 2.19. The average Bonchev–Trinajstić information content (AvgIpc) is 1.97. The van der Waals surface area contributed by atoms with Gasteiger partial charge in [0.15, 0.2) is 0 Å². The highest BCUT2D eigenvalue weighted by Crippen LogP contribution is 2.36. The van der Waals surface area contributed by atoms with Crippen LogP contribution in [0.5, 0.6) is 0 Å². The Labute approximate surface area is 61.8 Å². The van der Waals surface area contributed by atoms with Gasteiger partial charge < -0.3 is 0 Å². The molecule has 0 N–H and O–H groups in total. The van der Waals surface area contributed by atoms with Crippen molar-refractivity contribution in [1.82, 2.24) is 4.90 Å². The number of hydrogen-bond acceptors (Lipinski definition) is 2. The van der Waals surface area contributed by atoms with Crippen LogP contribution < -0.4 is 0 Å².